The highest BCUT2D eigenvalue weighted by molar-refractivity contribution is 5.79. The Hall–Kier alpha value is -1.83. The summed E-state index contributed by atoms with van der Waals surface area (Å²) in [5.74, 6) is 1.64. The molecule has 0 radical (unpaired) electrons. The van der Waals surface area contributed by atoms with Gasteiger partial charge in [0, 0.05) is 11.1 Å². The molecule has 0 N–H and O–H groups in total. The molecule has 0 saturated carbocycles. The van der Waals surface area contributed by atoms with Gasteiger partial charge in [0.25, 0.3) is 0 Å². The van der Waals surface area contributed by atoms with Crippen LogP contribution in [0.4, 0.5) is 0 Å². The molecule has 3 rings (SSSR count). The number of rotatable bonds is 1. The van der Waals surface area contributed by atoms with Crippen molar-refractivity contribution in [1.82, 2.24) is 0 Å². The summed E-state index contributed by atoms with van der Waals surface area (Å²) in [6.45, 7) is 0. The molecule has 0 unspecified atom stereocenters. The maximum Gasteiger partial charge on any atom is 0.149 e. The zero-order valence-corrected chi connectivity index (χ0v) is 8.90. The fourth-order valence-electron chi connectivity index (χ4n) is 2.27. The molecular formula is C14H12O2. The molecule has 1 aromatic rings. The molecule has 16 heavy (non-hydrogen) atoms. The average Bonchev–Trinajstić information content (AvgIpc) is 2.35. The van der Waals surface area contributed by atoms with Gasteiger partial charge in [-0.05, 0) is 37.0 Å². The van der Waals surface area contributed by atoms with Crippen LogP contribution in [-0.4, -0.2) is 6.29 Å². The smallest absolute Gasteiger partial charge is 0.149 e. The van der Waals surface area contributed by atoms with Crippen molar-refractivity contribution >= 4 is 12.4 Å². The number of ether oxygens (including phenoxy) is 1. The van der Waals surface area contributed by atoms with Crippen molar-refractivity contribution in [1.29, 1.82) is 0 Å². The predicted molar refractivity (Wildman–Crippen MR) is 62.0 cm³/mol. The second-order valence-corrected chi connectivity index (χ2v) is 4.14. The molecule has 0 bridgehead atoms. The first-order valence-corrected chi connectivity index (χ1v) is 5.54. The first kappa shape index (κ1) is 9.40. The first-order valence-electron chi connectivity index (χ1n) is 5.54. The Balaban J connectivity index is 2.16. The van der Waals surface area contributed by atoms with Crippen LogP contribution in [0.5, 0.6) is 5.75 Å². The number of fused-ring (bicyclic) bond motifs is 2. The molecule has 80 valence electrons. The summed E-state index contributed by atoms with van der Waals surface area (Å²) in [5, 5.41) is 0. The summed E-state index contributed by atoms with van der Waals surface area (Å²) < 4.78 is 5.82. The number of benzene rings is 1. The van der Waals surface area contributed by atoms with Crippen LogP contribution in [0.2, 0.25) is 0 Å². The molecule has 1 aliphatic carbocycles. The van der Waals surface area contributed by atoms with Crippen LogP contribution in [0.25, 0.3) is 6.08 Å². The Labute approximate surface area is 94.2 Å². The topological polar surface area (TPSA) is 26.3 Å². The lowest BCUT2D eigenvalue weighted by molar-refractivity contribution is -0.105. The zero-order valence-electron chi connectivity index (χ0n) is 8.90. The van der Waals surface area contributed by atoms with E-state index in [0.717, 1.165) is 53.8 Å². The second-order valence-electron chi connectivity index (χ2n) is 4.14. The number of para-hydroxylation sites is 1. The van der Waals surface area contributed by atoms with Crippen molar-refractivity contribution in [2.75, 3.05) is 0 Å². The fraction of sp³-hybridized carbons (Fsp3) is 0.214. The molecule has 1 aromatic carbocycles. The molecule has 2 heteroatoms. The lowest BCUT2D eigenvalue weighted by Crippen LogP contribution is -2.13. The van der Waals surface area contributed by atoms with Gasteiger partial charge in [-0.25, -0.2) is 0 Å². The van der Waals surface area contributed by atoms with Gasteiger partial charge in [0.15, 0.2) is 0 Å². The van der Waals surface area contributed by atoms with Gasteiger partial charge in [-0.3, -0.25) is 4.79 Å². The van der Waals surface area contributed by atoms with Crippen molar-refractivity contribution in [2.24, 2.45) is 0 Å². The number of carbonyl (C=O) groups is 1. The minimum absolute atomic E-state index is 0.792. The largest absolute Gasteiger partial charge is 0.456 e. The summed E-state index contributed by atoms with van der Waals surface area (Å²) in [4.78, 5) is 11.0. The van der Waals surface area contributed by atoms with E-state index in [1.54, 1.807) is 0 Å². The molecule has 1 aliphatic heterocycles. The first-order chi connectivity index (χ1) is 7.88. The summed E-state index contributed by atoms with van der Waals surface area (Å²) in [6.07, 6.45) is 5.93. The van der Waals surface area contributed by atoms with Crippen molar-refractivity contribution in [2.45, 2.75) is 19.3 Å². The normalized spacial score (nSPS) is 18.1. The van der Waals surface area contributed by atoms with Crippen LogP contribution >= 0.6 is 0 Å². The highest BCUT2D eigenvalue weighted by atomic mass is 16.5. The number of carbonyl (C=O) groups excluding carboxylic acids is 1. The SMILES string of the molecule is O=CC1=C2Oc3ccccc3C=C2CCC1. The van der Waals surface area contributed by atoms with Gasteiger partial charge in [0.1, 0.15) is 17.8 Å². The maximum absolute atomic E-state index is 11.0. The molecule has 1 heterocycles. The van der Waals surface area contributed by atoms with E-state index in [2.05, 4.69) is 6.08 Å². The van der Waals surface area contributed by atoms with E-state index in [4.69, 9.17) is 4.74 Å². The van der Waals surface area contributed by atoms with E-state index in [1.165, 1.54) is 0 Å². The van der Waals surface area contributed by atoms with E-state index in [-0.39, 0.29) is 0 Å². The van der Waals surface area contributed by atoms with Gasteiger partial charge in [-0.15, -0.1) is 0 Å². The van der Waals surface area contributed by atoms with Gasteiger partial charge in [-0.1, -0.05) is 18.2 Å². The van der Waals surface area contributed by atoms with Gasteiger partial charge >= 0.3 is 0 Å². The van der Waals surface area contributed by atoms with Crippen molar-refractivity contribution in [3.05, 3.63) is 46.7 Å². The lowest BCUT2D eigenvalue weighted by atomic mass is 9.91. The van der Waals surface area contributed by atoms with Crippen LogP contribution in [0.15, 0.2) is 41.2 Å². The molecule has 0 spiro atoms. The van der Waals surface area contributed by atoms with E-state index in [9.17, 15) is 4.79 Å². The average molecular weight is 212 g/mol. The van der Waals surface area contributed by atoms with Gasteiger partial charge < -0.3 is 4.74 Å². The highest BCUT2D eigenvalue weighted by Gasteiger charge is 2.23. The van der Waals surface area contributed by atoms with Crippen LogP contribution in [0.1, 0.15) is 24.8 Å². The molecule has 0 fully saturated rings. The van der Waals surface area contributed by atoms with E-state index in [1.807, 2.05) is 24.3 Å². The number of aldehydes is 1. The molecule has 2 aliphatic rings. The molecule has 0 saturated heterocycles. The maximum atomic E-state index is 11.0. The molecule has 2 nitrogen and oxygen atoms in total. The van der Waals surface area contributed by atoms with Crippen molar-refractivity contribution in [3.8, 4) is 5.75 Å². The summed E-state index contributed by atoms with van der Waals surface area (Å²) in [7, 11) is 0. The Bertz CT molecular complexity index is 509. The van der Waals surface area contributed by atoms with Crippen molar-refractivity contribution in [3.63, 3.8) is 0 Å². The van der Waals surface area contributed by atoms with Crippen LogP contribution in [0.3, 0.4) is 0 Å². The Morgan fingerprint density at radius 2 is 2.06 bits per heavy atom. The minimum atomic E-state index is 0.792. The second kappa shape index (κ2) is 3.63. The highest BCUT2D eigenvalue weighted by Crippen LogP contribution is 2.38. The number of hydrogen-bond acceptors (Lipinski definition) is 2. The van der Waals surface area contributed by atoms with E-state index in [0.29, 0.717) is 0 Å². The predicted octanol–water partition coefficient (Wildman–Crippen LogP) is 3.10. The molecule has 0 atom stereocenters. The van der Waals surface area contributed by atoms with Gasteiger partial charge in [-0.2, -0.15) is 0 Å². The monoisotopic (exact) mass is 212 g/mol. The zero-order chi connectivity index (χ0) is 11.0. The fourth-order valence-corrected chi connectivity index (χ4v) is 2.27. The Morgan fingerprint density at radius 3 is 2.94 bits per heavy atom. The minimum Gasteiger partial charge on any atom is -0.456 e. The Kier molecular flexibility index (Phi) is 2.13. The summed E-state index contributed by atoms with van der Waals surface area (Å²) in [5.41, 5.74) is 3.06. The quantitative estimate of drug-likeness (QED) is 0.668. The molecule has 0 amide bonds. The summed E-state index contributed by atoms with van der Waals surface area (Å²) in [6, 6.07) is 7.92. The Morgan fingerprint density at radius 1 is 1.19 bits per heavy atom. The van der Waals surface area contributed by atoms with Gasteiger partial charge in [0.05, 0.1) is 0 Å². The standard InChI is InChI=1S/C14H12O2/c15-9-12-6-3-5-11-8-10-4-1-2-7-13(10)16-14(11)12/h1-2,4,7-9H,3,5-6H2. The van der Waals surface area contributed by atoms with Crippen LogP contribution in [-0.2, 0) is 4.79 Å². The third-order valence-corrected chi connectivity index (χ3v) is 3.08. The van der Waals surface area contributed by atoms with Crippen molar-refractivity contribution < 1.29 is 9.53 Å². The number of allylic oxidation sites excluding steroid dienone is 2. The van der Waals surface area contributed by atoms with Crippen LogP contribution in [0, 0.1) is 0 Å². The molecule has 0 aromatic heterocycles. The number of hydrogen-bond donors (Lipinski definition) is 0. The van der Waals surface area contributed by atoms with Crippen LogP contribution < -0.4 is 4.74 Å². The van der Waals surface area contributed by atoms with E-state index >= 15 is 0 Å². The summed E-state index contributed by atoms with van der Waals surface area (Å²) >= 11 is 0. The van der Waals surface area contributed by atoms with E-state index < -0.39 is 0 Å². The van der Waals surface area contributed by atoms with Gasteiger partial charge in [0.2, 0.25) is 0 Å². The third kappa shape index (κ3) is 1.38. The lowest BCUT2D eigenvalue weighted by Gasteiger charge is -2.25. The molecular weight excluding hydrogens is 200 g/mol. The third-order valence-electron chi connectivity index (χ3n) is 3.08.